The Balaban J connectivity index is 1.70. The average Bonchev–Trinajstić information content (AvgIpc) is 2.98. The Bertz CT molecular complexity index is 768. The number of benzene rings is 1. The zero-order valence-corrected chi connectivity index (χ0v) is 15.6. The Morgan fingerprint density at radius 2 is 2.08 bits per heavy atom. The second-order valence-electron chi connectivity index (χ2n) is 7.32. The van der Waals surface area contributed by atoms with E-state index in [1.807, 2.05) is 14.1 Å². The lowest BCUT2D eigenvalue weighted by atomic mass is 10.0. The number of anilines is 1. The molecule has 1 unspecified atom stereocenters. The summed E-state index contributed by atoms with van der Waals surface area (Å²) in [5.74, 6) is 0. The van der Waals surface area contributed by atoms with Gasteiger partial charge in [-0.25, -0.2) is 4.98 Å². The van der Waals surface area contributed by atoms with Gasteiger partial charge in [0.1, 0.15) is 5.01 Å². The zero-order chi connectivity index (χ0) is 17.6. The number of likely N-dealkylation sites (tertiary alicyclic amines) is 1. The van der Waals surface area contributed by atoms with Gasteiger partial charge >= 0.3 is 0 Å². The Labute approximate surface area is 152 Å². The topological polar surface area (TPSA) is 59.8 Å². The smallest absolute Gasteiger partial charge is 0.124 e. The van der Waals surface area contributed by atoms with Crippen molar-refractivity contribution in [3.05, 3.63) is 34.3 Å². The molecule has 4 rings (SSSR count). The second kappa shape index (κ2) is 6.68. The minimum Gasteiger partial charge on any atom is -0.390 e. The molecule has 5 nitrogen and oxygen atoms in total. The molecule has 0 radical (unpaired) electrons. The number of hydrogen-bond acceptors (Lipinski definition) is 6. The van der Waals surface area contributed by atoms with E-state index in [1.54, 1.807) is 11.3 Å². The van der Waals surface area contributed by atoms with Gasteiger partial charge in [0.2, 0.25) is 0 Å². The standard InChI is InChI=1S/C19H25N3O2S/c1-21(2)13-6-7-15(12(8-13)9-22-10-14(23)11-22)19-20-16-4-3-5-17(24)18(16)25-19/h6-8,14,17,23-24H,3-5,9-11H2,1-2H3. The number of nitrogens with zero attached hydrogens (tertiary/aromatic N) is 3. The summed E-state index contributed by atoms with van der Waals surface area (Å²) in [6, 6.07) is 6.50. The van der Waals surface area contributed by atoms with E-state index in [4.69, 9.17) is 4.98 Å². The molecule has 2 N–H and O–H groups in total. The predicted molar refractivity (Wildman–Crippen MR) is 101 cm³/mol. The van der Waals surface area contributed by atoms with Crippen LogP contribution in [-0.2, 0) is 13.0 Å². The third-order valence-corrected chi connectivity index (χ3v) is 6.32. The highest BCUT2D eigenvalue weighted by Gasteiger charge is 2.27. The van der Waals surface area contributed by atoms with Crippen LogP contribution in [0.25, 0.3) is 10.6 Å². The van der Waals surface area contributed by atoms with E-state index in [0.29, 0.717) is 0 Å². The van der Waals surface area contributed by atoms with Crippen LogP contribution in [0, 0.1) is 0 Å². The van der Waals surface area contributed by atoms with Crippen molar-refractivity contribution >= 4 is 17.0 Å². The van der Waals surface area contributed by atoms with Gasteiger partial charge < -0.3 is 15.1 Å². The van der Waals surface area contributed by atoms with Crippen LogP contribution in [0.15, 0.2) is 18.2 Å². The predicted octanol–water partition coefficient (Wildman–Crippen LogP) is 2.42. The summed E-state index contributed by atoms with van der Waals surface area (Å²) in [4.78, 5) is 10.3. The van der Waals surface area contributed by atoms with Crippen LogP contribution in [0.3, 0.4) is 0 Å². The van der Waals surface area contributed by atoms with Crippen molar-refractivity contribution in [2.45, 2.75) is 38.0 Å². The van der Waals surface area contributed by atoms with Gasteiger partial charge in [0.25, 0.3) is 0 Å². The molecule has 0 saturated carbocycles. The summed E-state index contributed by atoms with van der Waals surface area (Å²) in [7, 11) is 4.09. The Hall–Kier alpha value is -1.47. The Morgan fingerprint density at radius 3 is 2.76 bits per heavy atom. The molecule has 0 amide bonds. The maximum atomic E-state index is 10.3. The maximum absolute atomic E-state index is 10.3. The van der Waals surface area contributed by atoms with E-state index in [-0.39, 0.29) is 12.2 Å². The average molecular weight is 359 g/mol. The minimum atomic E-state index is -0.356. The lowest BCUT2D eigenvalue weighted by Gasteiger charge is -2.36. The molecule has 134 valence electrons. The first kappa shape index (κ1) is 17.0. The van der Waals surface area contributed by atoms with Gasteiger partial charge in [-0.15, -0.1) is 11.3 Å². The van der Waals surface area contributed by atoms with Gasteiger partial charge in [-0.05, 0) is 43.0 Å². The Morgan fingerprint density at radius 1 is 1.28 bits per heavy atom. The molecular formula is C19H25N3O2S. The Kier molecular flexibility index (Phi) is 4.54. The van der Waals surface area contributed by atoms with Crippen molar-refractivity contribution in [3.63, 3.8) is 0 Å². The molecule has 1 aromatic carbocycles. The van der Waals surface area contributed by atoms with Crippen LogP contribution in [0.5, 0.6) is 0 Å². The third-order valence-electron chi connectivity index (χ3n) is 5.09. The maximum Gasteiger partial charge on any atom is 0.124 e. The number of β-amino-alcohol motifs (C(OH)–C–C–N with tert-alkyl or cyclic N) is 1. The molecule has 1 saturated heterocycles. The zero-order valence-electron chi connectivity index (χ0n) is 14.8. The van der Waals surface area contributed by atoms with E-state index in [0.717, 1.165) is 60.0 Å². The first-order chi connectivity index (χ1) is 12.0. The molecule has 1 atom stereocenters. The minimum absolute atomic E-state index is 0.192. The van der Waals surface area contributed by atoms with Gasteiger partial charge in [-0.3, -0.25) is 4.90 Å². The normalized spacial score (nSPS) is 21.0. The van der Waals surface area contributed by atoms with Crippen molar-refractivity contribution in [2.75, 3.05) is 32.1 Å². The number of aryl methyl sites for hydroxylation is 1. The van der Waals surface area contributed by atoms with Gasteiger partial charge in [-0.2, -0.15) is 0 Å². The number of aromatic nitrogens is 1. The number of aliphatic hydroxyl groups excluding tert-OH is 2. The summed E-state index contributed by atoms with van der Waals surface area (Å²) in [6.07, 6.45) is 2.27. The van der Waals surface area contributed by atoms with Crippen molar-refractivity contribution < 1.29 is 10.2 Å². The van der Waals surface area contributed by atoms with Crippen LogP contribution in [0.4, 0.5) is 5.69 Å². The van der Waals surface area contributed by atoms with E-state index >= 15 is 0 Å². The number of fused-ring (bicyclic) bond motifs is 1. The number of rotatable bonds is 4. The van der Waals surface area contributed by atoms with Gasteiger partial charge in [0.15, 0.2) is 0 Å². The van der Waals surface area contributed by atoms with E-state index in [9.17, 15) is 10.2 Å². The fraction of sp³-hybridized carbons (Fsp3) is 0.526. The lowest BCUT2D eigenvalue weighted by molar-refractivity contribution is -0.00277. The van der Waals surface area contributed by atoms with Crippen molar-refractivity contribution in [1.29, 1.82) is 0 Å². The van der Waals surface area contributed by atoms with Crippen molar-refractivity contribution in [3.8, 4) is 10.6 Å². The molecular weight excluding hydrogens is 334 g/mol. The largest absolute Gasteiger partial charge is 0.390 e. The molecule has 2 aliphatic rings. The third kappa shape index (κ3) is 3.31. The molecule has 2 aromatic rings. The molecule has 0 spiro atoms. The van der Waals surface area contributed by atoms with Crippen LogP contribution >= 0.6 is 11.3 Å². The van der Waals surface area contributed by atoms with Crippen molar-refractivity contribution in [2.24, 2.45) is 0 Å². The lowest BCUT2D eigenvalue weighted by Crippen LogP contribution is -2.49. The second-order valence-corrected chi connectivity index (χ2v) is 8.35. The SMILES string of the molecule is CN(C)c1ccc(-c2nc3c(s2)C(O)CCC3)c(CN2CC(O)C2)c1. The van der Waals surface area contributed by atoms with Crippen LogP contribution in [-0.4, -0.2) is 53.4 Å². The number of thiazole rings is 1. The number of aliphatic hydroxyl groups is 2. The van der Waals surface area contributed by atoms with Gasteiger partial charge in [0, 0.05) is 45.0 Å². The fourth-order valence-electron chi connectivity index (χ4n) is 3.62. The summed E-state index contributed by atoms with van der Waals surface area (Å²) in [6.45, 7) is 2.29. The van der Waals surface area contributed by atoms with Crippen LogP contribution in [0.2, 0.25) is 0 Å². The highest BCUT2D eigenvalue weighted by molar-refractivity contribution is 7.15. The molecule has 6 heteroatoms. The monoisotopic (exact) mass is 359 g/mol. The molecule has 25 heavy (non-hydrogen) atoms. The number of hydrogen-bond donors (Lipinski definition) is 2. The first-order valence-electron chi connectivity index (χ1n) is 8.90. The van der Waals surface area contributed by atoms with E-state index < -0.39 is 0 Å². The van der Waals surface area contributed by atoms with Gasteiger partial charge in [-0.1, -0.05) is 0 Å². The van der Waals surface area contributed by atoms with Gasteiger partial charge in [0.05, 0.1) is 22.8 Å². The summed E-state index contributed by atoms with van der Waals surface area (Å²) in [5, 5.41) is 20.8. The molecule has 2 heterocycles. The fourth-order valence-corrected chi connectivity index (χ4v) is 4.82. The van der Waals surface area contributed by atoms with E-state index in [1.165, 1.54) is 11.3 Å². The highest BCUT2D eigenvalue weighted by atomic mass is 32.1. The molecule has 1 aliphatic heterocycles. The summed E-state index contributed by atoms with van der Waals surface area (Å²) in [5.41, 5.74) is 4.62. The van der Waals surface area contributed by atoms with Crippen LogP contribution < -0.4 is 4.90 Å². The summed E-state index contributed by atoms with van der Waals surface area (Å²) >= 11 is 1.64. The summed E-state index contributed by atoms with van der Waals surface area (Å²) < 4.78 is 0. The molecule has 0 bridgehead atoms. The molecule has 1 fully saturated rings. The first-order valence-corrected chi connectivity index (χ1v) is 9.71. The van der Waals surface area contributed by atoms with Crippen molar-refractivity contribution in [1.82, 2.24) is 9.88 Å². The molecule has 1 aliphatic carbocycles. The van der Waals surface area contributed by atoms with E-state index in [2.05, 4.69) is 28.0 Å². The quantitative estimate of drug-likeness (QED) is 0.878. The molecule has 1 aromatic heterocycles. The highest BCUT2D eigenvalue weighted by Crippen LogP contribution is 2.39. The van der Waals surface area contributed by atoms with Crippen LogP contribution in [0.1, 0.15) is 35.1 Å².